The number of likely N-dealkylation sites (tertiary alicyclic amines) is 2. The van der Waals surface area contributed by atoms with Gasteiger partial charge in [0.15, 0.2) is 0 Å². The van der Waals surface area contributed by atoms with Crippen LogP contribution >= 0.6 is 0 Å². The van der Waals surface area contributed by atoms with Crippen LogP contribution in [0.15, 0.2) is 0 Å². The van der Waals surface area contributed by atoms with E-state index in [4.69, 9.17) is 0 Å². The largest absolute Gasteiger partial charge is 0.306 e. The van der Waals surface area contributed by atoms with E-state index in [1.807, 2.05) is 13.8 Å². The van der Waals surface area contributed by atoms with Crippen LogP contribution in [-0.4, -0.2) is 49.1 Å². The monoisotopic (exact) mass is 198 g/mol. The molecule has 0 aromatic carbocycles. The first-order chi connectivity index (χ1) is 6.81. The van der Waals surface area contributed by atoms with Gasteiger partial charge in [0.1, 0.15) is 0 Å². The minimum Gasteiger partial charge on any atom is -0.306 e. The molecular weight excluding hydrogens is 172 g/mol. The van der Waals surface area contributed by atoms with E-state index in [1.165, 1.54) is 39.0 Å². The highest BCUT2D eigenvalue weighted by molar-refractivity contribution is 4.91. The van der Waals surface area contributed by atoms with Gasteiger partial charge in [-0.05, 0) is 45.4 Å². The predicted octanol–water partition coefficient (Wildman–Crippen LogP) is 2.06. The zero-order chi connectivity index (χ0) is 10.6. The lowest BCUT2D eigenvalue weighted by Gasteiger charge is -2.35. The van der Waals surface area contributed by atoms with Crippen LogP contribution in [-0.2, 0) is 0 Å². The Morgan fingerprint density at radius 3 is 2.50 bits per heavy atom. The molecule has 2 atom stereocenters. The first-order valence-electron chi connectivity index (χ1n) is 6.24. The van der Waals surface area contributed by atoms with Gasteiger partial charge in [0.05, 0.1) is 0 Å². The Hall–Kier alpha value is -0.0800. The third kappa shape index (κ3) is 2.48. The highest BCUT2D eigenvalue weighted by Gasteiger charge is 2.36. The molecule has 0 spiro atoms. The maximum absolute atomic E-state index is 2.66. The number of nitrogens with zero attached hydrogens (tertiary/aromatic N) is 2. The maximum Gasteiger partial charge on any atom is 0.0148 e. The number of hydrogen-bond acceptors (Lipinski definition) is 2. The molecular formula is C12H26N2. The van der Waals surface area contributed by atoms with Crippen molar-refractivity contribution < 1.29 is 0 Å². The number of fused-ring (bicyclic) bond motifs is 1. The van der Waals surface area contributed by atoms with Crippen molar-refractivity contribution in [3.8, 4) is 0 Å². The highest BCUT2D eigenvalue weighted by atomic mass is 15.2. The first kappa shape index (κ1) is 12.0. The molecule has 0 aliphatic carbocycles. The average molecular weight is 198 g/mol. The Bertz CT molecular complexity index is 158. The fraction of sp³-hybridized carbons (Fsp3) is 1.00. The molecule has 2 nitrogen and oxygen atoms in total. The van der Waals surface area contributed by atoms with Crippen LogP contribution in [0.5, 0.6) is 0 Å². The summed E-state index contributed by atoms with van der Waals surface area (Å²) in [6.07, 6.45) is 2.83. The van der Waals surface area contributed by atoms with Crippen molar-refractivity contribution in [2.24, 2.45) is 5.92 Å². The number of rotatable bonds is 1. The van der Waals surface area contributed by atoms with Gasteiger partial charge in [0, 0.05) is 12.6 Å². The van der Waals surface area contributed by atoms with Gasteiger partial charge in [0.2, 0.25) is 0 Å². The van der Waals surface area contributed by atoms with Crippen LogP contribution in [0, 0.1) is 5.92 Å². The lowest BCUT2D eigenvalue weighted by molar-refractivity contribution is 0.133. The maximum atomic E-state index is 2.66. The van der Waals surface area contributed by atoms with Gasteiger partial charge in [-0.2, -0.15) is 0 Å². The van der Waals surface area contributed by atoms with Crippen molar-refractivity contribution >= 4 is 0 Å². The first-order valence-corrected chi connectivity index (χ1v) is 6.24. The van der Waals surface area contributed by atoms with Crippen molar-refractivity contribution in [2.45, 2.75) is 39.7 Å². The third-order valence-electron chi connectivity index (χ3n) is 3.56. The molecule has 2 rings (SSSR count). The van der Waals surface area contributed by atoms with Crippen molar-refractivity contribution in [2.75, 3.05) is 33.2 Å². The van der Waals surface area contributed by atoms with Crippen molar-refractivity contribution in [1.29, 1.82) is 0 Å². The minimum atomic E-state index is 0.922. The topological polar surface area (TPSA) is 6.48 Å². The van der Waals surface area contributed by atoms with Crippen LogP contribution < -0.4 is 0 Å². The Balaban J connectivity index is 0.000000461. The smallest absolute Gasteiger partial charge is 0.0148 e. The van der Waals surface area contributed by atoms with Gasteiger partial charge in [-0.25, -0.2) is 0 Å². The molecule has 0 N–H and O–H groups in total. The summed E-state index contributed by atoms with van der Waals surface area (Å²) in [7, 11) is 2.25. The molecule has 2 fully saturated rings. The van der Waals surface area contributed by atoms with E-state index < -0.39 is 0 Å². The summed E-state index contributed by atoms with van der Waals surface area (Å²) in [6, 6.07) is 0.922. The molecule has 0 amide bonds. The van der Waals surface area contributed by atoms with E-state index in [9.17, 15) is 0 Å². The second-order valence-corrected chi connectivity index (χ2v) is 4.30. The van der Waals surface area contributed by atoms with Gasteiger partial charge < -0.3 is 9.80 Å². The van der Waals surface area contributed by atoms with E-state index in [0.29, 0.717) is 0 Å². The van der Waals surface area contributed by atoms with E-state index in [1.54, 1.807) is 0 Å². The minimum absolute atomic E-state index is 0.922. The van der Waals surface area contributed by atoms with Crippen LogP contribution in [0.4, 0.5) is 0 Å². The molecule has 2 aliphatic heterocycles. The van der Waals surface area contributed by atoms with E-state index in [0.717, 1.165) is 12.0 Å². The second kappa shape index (κ2) is 5.72. The quantitative estimate of drug-likeness (QED) is 0.636. The molecule has 84 valence electrons. The summed E-state index contributed by atoms with van der Waals surface area (Å²) in [4.78, 5) is 5.15. The molecule has 0 bridgehead atoms. The normalized spacial score (nSPS) is 33.4. The second-order valence-electron chi connectivity index (χ2n) is 4.30. The Morgan fingerprint density at radius 2 is 1.86 bits per heavy atom. The van der Waals surface area contributed by atoms with Crippen LogP contribution in [0.3, 0.4) is 0 Å². The zero-order valence-electron chi connectivity index (χ0n) is 10.3. The van der Waals surface area contributed by atoms with Crippen LogP contribution in [0.25, 0.3) is 0 Å². The predicted molar refractivity (Wildman–Crippen MR) is 62.6 cm³/mol. The van der Waals surface area contributed by atoms with Gasteiger partial charge in [0.25, 0.3) is 0 Å². The SMILES string of the molecule is CC.CCN1CCC2CN(C)CCC21. The molecule has 0 aromatic rings. The fourth-order valence-electron chi connectivity index (χ4n) is 2.86. The fourth-order valence-corrected chi connectivity index (χ4v) is 2.86. The number of piperidine rings is 1. The summed E-state index contributed by atoms with van der Waals surface area (Å²) in [5.74, 6) is 0.976. The summed E-state index contributed by atoms with van der Waals surface area (Å²) < 4.78 is 0. The van der Waals surface area contributed by atoms with Gasteiger partial charge in [-0.3, -0.25) is 0 Å². The van der Waals surface area contributed by atoms with E-state index >= 15 is 0 Å². The zero-order valence-corrected chi connectivity index (χ0v) is 10.3. The average Bonchev–Trinajstić information content (AvgIpc) is 2.62. The highest BCUT2D eigenvalue weighted by Crippen LogP contribution is 2.30. The Morgan fingerprint density at radius 1 is 1.14 bits per heavy atom. The van der Waals surface area contributed by atoms with E-state index in [-0.39, 0.29) is 0 Å². The Labute approximate surface area is 89.3 Å². The van der Waals surface area contributed by atoms with Crippen molar-refractivity contribution in [3.63, 3.8) is 0 Å². The summed E-state index contributed by atoms with van der Waals surface area (Å²) in [6.45, 7) is 11.5. The van der Waals surface area contributed by atoms with Gasteiger partial charge in [-0.15, -0.1) is 0 Å². The molecule has 2 saturated heterocycles. The van der Waals surface area contributed by atoms with Crippen LogP contribution in [0.1, 0.15) is 33.6 Å². The lowest BCUT2D eigenvalue weighted by Crippen LogP contribution is -2.44. The van der Waals surface area contributed by atoms with Crippen LogP contribution in [0.2, 0.25) is 0 Å². The molecule has 2 unspecified atom stereocenters. The molecule has 2 heterocycles. The summed E-state index contributed by atoms with van der Waals surface area (Å²) >= 11 is 0. The Kier molecular flexibility index (Phi) is 4.90. The molecule has 2 aliphatic rings. The molecule has 0 saturated carbocycles. The van der Waals surface area contributed by atoms with Crippen molar-refractivity contribution in [1.82, 2.24) is 9.80 Å². The third-order valence-corrected chi connectivity index (χ3v) is 3.56. The lowest BCUT2D eigenvalue weighted by atomic mass is 9.93. The summed E-state index contributed by atoms with van der Waals surface area (Å²) in [5, 5.41) is 0. The standard InChI is InChI=1S/C10H20N2.C2H6/c1-3-12-7-4-9-8-11(2)6-5-10(9)12;1-2/h9-10H,3-8H2,1-2H3;1-2H3. The summed E-state index contributed by atoms with van der Waals surface area (Å²) in [5.41, 5.74) is 0. The molecule has 0 aromatic heterocycles. The van der Waals surface area contributed by atoms with E-state index in [2.05, 4.69) is 23.8 Å². The number of hydrogen-bond donors (Lipinski definition) is 0. The van der Waals surface area contributed by atoms with Gasteiger partial charge >= 0.3 is 0 Å². The van der Waals surface area contributed by atoms with Crippen molar-refractivity contribution in [3.05, 3.63) is 0 Å². The van der Waals surface area contributed by atoms with Gasteiger partial charge in [-0.1, -0.05) is 20.8 Å². The molecule has 2 heteroatoms. The molecule has 14 heavy (non-hydrogen) atoms. The molecule has 0 radical (unpaired) electrons.